The standard InChI is InChI=1S/C20H30O5/c1-19(11-12-24-14-16-7-5-4-6-8-16)17(13-21)18(22)9-10-20(19,2)25-15-23-3/h4-8,17,21H,9-15H2,1-3H3/t17-,19-,20-/m0/s1. The zero-order valence-electron chi connectivity index (χ0n) is 15.5. The lowest BCUT2D eigenvalue weighted by Gasteiger charge is -2.52. The molecule has 0 unspecified atom stereocenters. The summed E-state index contributed by atoms with van der Waals surface area (Å²) < 4.78 is 16.9. The highest BCUT2D eigenvalue weighted by Crippen LogP contribution is 2.50. The minimum Gasteiger partial charge on any atom is -0.396 e. The Bertz CT molecular complexity index is 546. The molecule has 0 radical (unpaired) electrons. The van der Waals surface area contributed by atoms with Crippen molar-refractivity contribution >= 4 is 5.78 Å². The predicted molar refractivity (Wildman–Crippen MR) is 95.0 cm³/mol. The molecule has 0 aliphatic heterocycles. The van der Waals surface area contributed by atoms with Crippen molar-refractivity contribution in [3.63, 3.8) is 0 Å². The topological polar surface area (TPSA) is 65.0 Å². The lowest BCUT2D eigenvalue weighted by atomic mass is 9.57. The molecule has 0 aromatic heterocycles. The van der Waals surface area contributed by atoms with Crippen molar-refractivity contribution in [2.75, 3.05) is 27.1 Å². The number of aliphatic hydroxyl groups excluding tert-OH is 1. The van der Waals surface area contributed by atoms with Crippen molar-refractivity contribution in [2.24, 2.45) is 11.3 Å². The van der Waals surface area contributed by atoms with Crippen LogP contribution < -0.4 is 0 Å². The van der Waals surface area contributed by atoms with Crippen molar-refractivity contribution in [2.45, 2.75) is 45.3 Å². The summed E-state index contributed by atoms with van der Waals surface area (Å²) in [5.41, 5.74) is 0.0664. The summed E-state index contributed by atoms with van der Waals surface area (Å²) in [4.78, 5) is 12.4. The Morgan fingerprint density at radius 2 is 1.96 bits per heavy atom. The van der Waals surface area contributed by atoms with Gasteiger partial charge in [0.2, 0.25) is 0 Å². The number of hydrogen-bond donors (Lipinski definition) is 1. The molecule has 1 fully saturated rings. The molecule has 1 saturated carbocycles. The molecule has 1 aliphatic rings. The summed E-state index contributed by atoms with van der Waals surface area (Å²) in [6.45, 7) is 5.07. The van der Waals surface area contributed by atoms with Crippen LogP contribution in [0, 0.1) is 11.3 Å². The van der Waals surface area contributed by atoms with Gasteiger partial charge in [-0.1, -0.05) is 37.3 Å². The molecule has 0 spiro atoms. The molecule has 1 aromatic rings. The number of hydrogen-bond acceptors (Lipinski definition) is 5. The zero-order chi connectivity index (χ0) is 18.3. The molecule has 5 nitrogen and oxygen atoms in total. The fourth-order valence-corrected chi connectivity index (χ4v) is 3.76. The van der Waals surface area contributed by atoms with E-state index in [1.165, 1.54) is 0 Å². The van der Waals surface area contributed by atoms with Crippen LogP contribution in [-0.4, -0.2) is 43.6 Å². The Balaban J connectivity index is 2.05. The van der Waals surface area contributed by atoms with Gasteiger partial charge in [-0.2, -0.15) is 0 Å². The molecule has 3 atom stereocenters. The second-order valence-corrected chi connectivity index (χ2v) is 7.19. The van der Waals surface area contributed by atoms with E-state index >= 15 is 0 Å². The van der Waals surface area contributed by atoms with Crippen molar-refractivity contribution in [1.29, 1.82) is 0 Å². The van der Waals surface area contributed by atoms with E-state index in [0.29, 0.717) is 32.5 Å². The van der Waals surface area contributed by atoms with Crippen molar-refractivity contribution in [3.8, 4) is 0 Å². The number of aliphatic hydroxyl groups is 1. The van der Waals surface area contributed by atoms with Crippen LogP contribution in [-0.2, 0) is 25.6 Å². The van der Waals surface area contributed by atoms with Crippen molar-refractivity contribution in [3.05, 3.63) is 35.9 Å². The Labute approximate surface area is 150 Å². The number of Topliss-reactive ketones (excluding diaryl/α,β-unsaturated/α-hetero) is 1. The Kier molecular flexibility index (Phi) is 7.14. The summed E-state index contributed by atoms with van der Waals surface area (Å²) >= 11 is 0. The van der Waals surface area contributed by atoms with Gasteiger partial charge in [-0.25, -0.2) is 0 Å². The van der Waals surface area contributed by atoms with Gasteiger partial charge < -0.3 is 19.3 Å². The van der Waals surface area contributed by atoms with E-state index in [4.69, 9.17) is 14.2 Å². The van der Waals surface area contributed by atoms with Crippen LogP contribution >= 0.6 is 0 Å². The Hall–Kier alpha value is -1.27. The summed E-state index contributed by atoms with van der Waals surface area (Å²) in [7, 11) is 1.58. The molecule has 5 heteroatoms. The maximum atomic E-state index is 12.4. The third-order valence-corrected chi connectivity index (χ3v) is 5.77. The monoisotopic (exact) mass is 350 g/mol. The Morgan fingerprint density at radius 3 is 2.60 bits per heavy atom. The lowest BCUT2D eigenvalue weighted by molar-refractivity contribution is -0.214. The van der Waals surface area contributed by atoms with Gasteiger partial charge >= 0.3 is 0 Å². The number of ether oxygens (including phenoxy) is 3. The second kappa shape index (κ2) is 8.90. The van der Waals surface area contributed by atoms with E-state index in [1.54, 1.807) is 7.11 Å². The first-order valence-electron chi connectivity index (χ1n) is 8.85. The zero-order valence-corrected chi connectivity index (χ0v) is 15.5. The van der Waals surface area contributed by atoms with E-state index in [1.807, 2.05) is 44.2 Å². The van der Waals surface area contributed by atoms with Crippen LogP contribution in [0.5, 0.6) is 0 Å². The molecule has 2 rings (SSSR count). The van der Waals surface area contributed by atoms with E-state index in [-0.39, 0.29) is 19.2 Å². The molecule has 0 heterocycles. The molecular formula is C20H30O5. The number of methoxy groups -OCH3 is 1. The van der Waals surface area contributed by atoms with E-state index in [0.717, 1.165) is 5.56 Å². The number of carbonyl (C=O) groups excluding carboxylic acids is 1. The third kappa shape index (κ3) is 4.47. The largest absolute Gasteiger partial charge is 0.396 e. The quantitative estimate of drug-likeness (QED) is 0.548. The van der Waals surface area contributed by atoms with Crippen LogP contribution in [0.4, 0.5) is 0 Å². The van der Waals surface area contributed by atoms with Gasteiger partial charge in [-0.15, -0.1) is 0 Å². The average molecular weight is 350 g/mol. The molecule has 0 saturated heterocycles. The fourth-order valence-electron chi connectivity index (χ4n) is 3.76. The fraction of sp³-hybridized carbons (Fsp3) is 0.650. The molecule has 140 valence electrons. The van der Waals surface area contributed by atoms with Crippen molar-refractivity contribution < 1.29 is 24.1 Å². The maximum Gasteiger partial charge on any atom is 0.147 e. The van der Waals surface area contributed by atoms with E-state index in [9.17, 15) is 9.90 Å². The number of benzene rings is 1. The van der Waals surface area contributed by atoms with Gasteiger partial charge in [0.1, 0.15) is 12.6 Å². The smallest absolute Gasteiger partial charge is 0.147 e. The summed E-state index contributed by atoms with van der Waals surface area (Å²) in [6.07, 6.45) is 1.68. The van der Waals surface area contributed by atoms with Gasteiger partial charge in [0.25, 0.3) is 0 Å². The third-order valence-electron chi connectivity index (χ3n) is 5.77. The highest BCUT2D eigenvalue weighted by molar-refractivity contribution is 5.83. The summed E-state index contributed by atoms with van der Waals surface area (Å²) in [5.74, 6) is -0.338. The first-order chi connectivity index (χ1) is 12.0. The summed E-state index contributed by atoms with van der Waals surface area (Å²) in [6, 6.07) is 9.99. The highest BCUT2D eigenvalue weighted by atomic mass is 16.7. The van der Waals surface area contributed by atoms with Crippen LogP contribution in [0.15, 0.2) is 30.3 Å². The highest BCUT2D eigenvalue weighted by Gasteiger charge is 2.55. The Morgan fingerprint density at radius 1 is 1.24 bits per heavy atom. The molecule has 1 N–H and O–H groups in total. The van der Waals surface area contributed by atoms with E-state index < -0.39 is 16.9 Å². The van der Waals surface area contributed by atoms with Crippen LogP contribution in [0.2, 0.25) is 0 Å². The summed E-state index contributed by atoms with van der Waals surface area (Å²) in [5, 5.41) is 9.84. The predicted octanol–water partition coefficient (Wildman–Crippen LogP) is 2.95. The number of rotatable bonds is 9. The minimum absolute atomic E-state index is 0.103. The van der Waals surface area contributed by atoms with Crippen molar-refractivity contribution in [1.82, 2.24) is 0 Å². The van der Waals surface area contributed by atoms with Crippen LogP contribution in [0.25, 0.3) is 0 Å². The van der Waals surface area contributed by atoms with E-state index in [2.05, 4.69) is 0 Å². The van der Waals surface area contributed by atoms with Crippen LogP contribution in [0.3, 0.4) is 0 Å². The molecule has 1 aliphatic carbocycles. The number of carbonyl (C=O) groups is 1. The van der Waals surface area contributed by atoms with Gasteiger partial charge in [0.05, 0.1) is 18.8 Å². The molecule has 0 bridgehead atoms. The maximum absolute atomic E-state index is 12.4. The molecule has 1 aromatic carbocycles. The minimum atomic E-state index is -0.541. The molecule has 0 amide bonds. The van der Waals surface area contributed by atoms with Gasteiger partial charge in [0.15, 0.2) is 0 Å². The second-order valence-electron chi connectivity index (χ2n) is 7.19. The average Bonchev–Trinajstić information content (AvgIpc) is 2.62. The van der Waals surface area contributed by atoms with Gasteiger partial charge in [0, 0.05) is 31.5 Å². The van der Waals surface area contributed by atoms with Crippen LogP contribution in [0.1, 0.15) is 38.7 Å². The molecular weight excluding hydrogens is 320 g/mol. The molecule has 25 heavy (non-hydrogen) atoms. The lowest BCUT2D eigenvalue weighted by Crippen LogP contribution is -2.58. The first kappa shape index (κ1) is 20.0. The normalized spacial score (nSPS) is 29.8. The van der Waals surface area contributed by atoms with Gasteiger partial charge in [-0.3, -0.25) is 4.79 Å². The van der Waals surface area contributed by atoms with Gasteiger partial charge in [-0.05, 0) is 25.3 Å². The SMILES string of the molecule is COCO[C@@]1(C)CCC(=O)[C@H](CO)[C@]1(C)CCOCc1ccccc1. The number of ketones is 1. The first-order valence-corrected chi connectivity index (χ1v) is 8.85.